The largest absolute Gasteiger partial charge is 0.485 e. The summed E-state index contributed by atoms with van der Waals surface area (Å²) in [6.07, 6.45) is 4.89. The molecule has 2 aromatic heterocycles. The van der Waals surface area contributed by atoms with Crippen LogP contribution in [0.15, 0.2) is 22.9 Å². The topological polar surface area (TPSA) is 84.6 Å². The molecular formula is C17H21N5O3. The van der Waals surface area contributed by atoms with Crippen LogP contribution >= 0.6 is 0 Å². The van der Waals surface area contributed by atoms with Crippen LogP contribution in [0.3, 0.4) is 0 Å². The van der Waals surface area contributed by atoms with E-state index in [1.807, 2.05) is 12.1 Å². The van der Waals surface area contributed by atoms with Crippen molar-refractivity contribution in [1.82, 2.24) is 20.0 Å². The molecule has 0 radical (unpaired) electrons. The summed E-state index contributed by atoms with van der Waals surface area (Å²) in [5, 5.41) is 3.70. The Balaban J connectivity index is 1.42. The third-order valence-electron chi connectivity index (χ3n) is 4.60. The third-order valence-corrected chi connectivity index (χ3v) is 4.60. The van der Waals surface area contributed by atoms with Crippen LogP contribution in [0.5, 0.6) is 5.75 Å². The van der Waals surface area contributed by atoms with Crippen molar-refractivity contribution in [2.45, 2.75) is 32.3 Å². The zero-order valence-corrected chi connectivity index (χ0v) is 14.2. The lowest BCUT2D eigenvalue weighted by atomic mass is 10.3. The van der Waals surface area contributed by atoms with Crippen LogP contribution in [-0.2, 0) is 0 Å². The van der Waals surface area contributed by atoms with E-state index in [1.165, 1.54) is 12.8 Å². The van der Waals surface area contributed by atoms with Crippen molar-refractivity contribution in [3.05, 3.63) is 30.0 Å². The van der Waals surface area contributed by atoms with E-state index in [0.717, 1.165) is 31.1 Å². The fourth-order valence-corrected chi connectivity index (χ4v) is 3.36. The molecule has 0 aromatic carbocycles. The van der Waals surface area contributed by atoms with Crippen molar-refractivity contribution in [2.75, 3.05) is 31.1 Å². The number of anilines is 1. The zero-order valence-electron chi connectivity index (χ0n) is 14.2. The van der Waals surface area contributed by atoms with Crippen molar-refractivity contribution >= 4 is 11.7 Å². The summed E-state index contributed by atoms with van der Waals surface area (Å²) >= 11 is 0. The third kappa shape index (κ3) is 3.29. The van der Waals surface area contributed by atoms with Crippen LogP contribution in [0.4, 0.5) is 5.82 Å². The standard InChI is InChI=1S/C17H21N5O3/c1-12-19-15(20-25-12)17(23)22-10-6-13(11-22)24-14-5-4-7-18-16(14)21-8-2-3-9-21/h4-5,7,13H,2-3,6,8-11H2,1H3/t13-/m0/s1. The molecule has 0 bridgehead atoms. The van der Waals surface area contributed by atoms with Crippen molar-refractivity contribution < 1.29 is 14.1 Å². The highest BCUT2D eigenvalue weighted by Crippen LogP contribution is 2.30. The maximum Gasteiger partial charge on any atom is 0.295 e. The van der Waals surface area contributed by atoms with Gasteiger partial charge in [0, 0.05) is 39.2 Å². The number of rotatable bonds is 4. The minimum Gasteiger partial charge on any atom is -0.485 e. The van der Waals surface area contributed by atoms with Crippen LogP contribution < -0.4 is 9.64 Å². The Morgan fingerprint density at radius 3 is 2.92 bits per heavy atom. The fraction of sp³-hybridized carbons (Fsp3) is 0.529. The molecule has 0 spiro atoms. The monoisotopic (exact) mass is 343 g/mol. The van der Waals surface area contributed by atoms with Crippen LogP contribution in [0, 0.1) is 6.92 Å². The number of hydrogen-bond donors (Lipinski definition) is 0. The number of hydrogen-bond acceptors (Lipinski definition) is 7. The summed E-state index contributed by atoms with van der Waals surface area (Å²) < 4.78 is 11.1. The lowest BCUT2D eigenvalue weighted by Crippen LogP contribution is -2.32. The van der Waals surface area contributed by atoms with E-state index in [0.29, 0.717) is 19.0 Å². The Bertz CT molecular complexity index is 756. The number of nitrogens with zero attached hydrogens (tertiary/aromatic N) is 5. The van der Waals surface area contributed by atoms with E-state index in [2.05, 4.69) is 20.0 Å². The van der Waals surface area contributed by atoms with Gasteiger partial charge in [0.15, 0.2) is 11.6 Å². The van der Waals surface area contributed by atoms with Crippen LogP contribution in [0.2, 0.25) is 0 Å². The van der Waals surface area contributed by atoms with Gasteiger partial charge < -0.3 is 19.1 Å². The molecule has 0 saturated carbocycles. The van der Waals surface area contributed by atoms with Crippen molar-refractivity contribution in [2.24, 2.45) is 0 Å². The van der Waals surface area contributed by atoms with E-state index in [1.54, 1.807) is 18.0 Å². The number of ether oxygens (including phenoxy) is 1. The van der Waals surface area contributed by atoms with Gasteiger partial charge in [-0.3, -0.25) is 4.79 Å². The molecule has 25 heavy (non-hydrogen) atoms. The summed E-state index contributed by atoms with van der Waals surface area (Å²) in [6, 6.07) is 3.84. The predicted octanol–water partition coefficient (Wildman–Crippen LogP) is 1.67. The van der Waals surface area contributed by atoms with Gasteiger partial charge >= 0.3 is 0 Å². The second kappa shape index (κ2) is 6.70. The molecule has 8 nitrogen and oxygen atoms in total. The van der Waals surface area contributed by atoms with E-state index >= 15 is 0 Å². The summed E-state index contributed by atoms with van der Waals surface area (Å²) in [5.41, 5.74) is 0. The van der Waals surface area contributed by atoms with Gasteiger partial charge in [0.25, 0.3) is 11.7 Å². The Hall–Kier alpha value is -2.64. The van der Waals surface area contributed by atoms with Gasteiger partial charge in [-0.15, -0.1) is 0 Å². The van der Waals surface area contributed by atoms with Crippen LogP contribution in [-0.4, -0.2) is 58.2 Å². The van der Waals surface area contributed by atoms with Gasteiger partial charge in [0.05, 0.1) is 6.54 Å². The summed E-state index contributed by atoms with van der Waals surface area (Å²) in [6.45, 7) is 4.83. The predicted molar refractivity (Wildman–Crippen MR) is 89.7 cm³/mol. The molecule has 0 unspecified atom stereocenters. The molecule has 0 aliphatic carbocycles. The minimum atomic E-state index is -0.214. The molecule has 1 amide bonds. The number of amides is 1. The molecule has 8 heteroatoms. The Morgan fingerprint density at radius 2 is 2.16 bits per heavy atom. The summed E-state index contributed by atoms with van der Waals surface area (Å²) in [4.78, 5) is 24.9. The second-order valence-electron chi connectivity index (χ2n) is 6.44. The first-order valence-electron chi connectivity index (χ1n) is 8.67. The molecule has 132 valence electrons. The molecule has 0 N–H and O–H groups in total. The van der Waals surface area contributed by atoms with Gasteiger partial charge in [-0.1, -0.05) is 5.16 Å². The molecule has 1 atom stereocenters. The SMILES string of the molecule is Cc1nc(C(=O)N2CC[C@H](Oc3cccnc3N3CCCC3)C2)no1. The van der Waals surface area contributed by atoms with Gasteiger partial charge in [-0.25, -0.2) is 4.98 Å². The smallest absolute Gasteiger partial charge is 0.295 e. The highest BCUT2D eigenvalue weighted by Gasteiger charge is 2.31. The second-order valence-corrected chi connectivity index (χ2v) is 6.44. The average molecular weight is 343 g/mol. The molecule has 2 aliphatic heterocycles. The Labute approximate surface area is 145 Å². The molecule has 4 heterocycles. The number of likely N-dealkylation sites (tertiary alicyclic amines) is 1. The lowest BCUT2D eigenvalue weighted by Gasteiger charge is -2.22. The first-order chi connectivity index (χ1) is 12.2. The Kier molecular flexibility index (Phi) is 4.25. The molecule has 2 aromatic rings. The highest BCUT2D eigenvalue weighted by atomic mass is 16.5. The maximum atomic E-state index is 12.4. The van der Waals surface area contributed by atoms with E-state index < -0.39 is 0 Å². The Morgan fingerprint density at radius 1 is 1.32 bits per heavy atom. The minimum absolute atomic E-state index is 0.0532. The quantitative estimate of drug-likeness (QED) is 0.835. The molecule has 2 fully saturated rings. The number of pyridine rings is 1. The normalized spacial score (nSPS) is 20.3. The highest BCUT2D eigenvalue weighted by molar-refractivity contribution is 5.90. The number of aryl methyl sites for hydroxylation is 1. The molecule has 2 aliphatic rings. The van der Waals surface area contributed by atoms with Crippen LogP contribution in [0.25, 0.3) is 0 Å². The molecule has 2 saturated heterocycles. The van der Waals surface area contributed by atoms with E-state index in [4.69, 9.17) is 9.26 Å². The summed E-state index contributed by atoms with van der Waals surface area (Å²) in [7, 11) is 0. The fourth-order valence-electron chi connectivity index (χ4n) is 3.36. The van der Waals surface area contributed by atoms with Crippen molar-refractivity contribution in [3.63, 3.8) is 0 Å². The van der Waals surface area contributed by atoms with Gasteiger partial charge in [-0.05, 0) is 25.0 Å². The van der Waals surface area contributed by atoms with Crippen LogP contribution in [0.1, 0.15) is 35.8 Å². The lowest BCUT2D eigenvalue weighted by molar-refractivity contribution is 0.0757. The first kappa shape index (κ1) is 15.9. The zero-order chi connectivity index (χ0) is 17.2. The maximum absolute atomic E-state index is 12.4. The average Bonchev–Trinajstić information content (AvgIpc) is 3.36. The van der Waals surface area contributed by atoms with E-state index in [-0.39, 0.29) is 17.8 Å². The van der Waals surface area contributed by atoms with Crippen molar-refractivity contribution in [3.8, 4) is 5.75 Å². The van der Waals surface area contributed by atoms with Gasteiger partial charge in [0.2, 0.25) is 5.89 Å². The molecular weight excluding hydrogens is 322 g/mol. The van der Waals surface area contributed by atoms with E-state index in [9.17, 15) is 4.79 Å². The van der Waals surface area contributed by atoms with Gasteiger partial charge in [-0.2, -0.15) is 4.98 Å². The number of carbonyl (C=O) groups excluding carboxylic acids is 1. The van der Waals surface area contributed by atoms with Gasteiger partial charge in [0.1, 0.15) is 6.10 Å². The summed E-state index contributed by atoms with van der Waals surface area (Å²) in [5.74, 6) is 1.98. The molecule has 4 rings (SSSR count). The van der Waals surface area contributed by atoms with Crippen molar-refractivity contribution in [1.29, 1.82) is 0 Å². The first-order valence-corrected chi connectivity index (χ1v) is 8.67. The number of aromatic nitrogens is 3. The number of carbonyl (C=O) groups is 1.